The fraction of sp³-hybridized carbons (Fsp3) is 0.524. The van der Waals surface area contributed by atoms with Crippen LogP contribution in [0.1, 0.15) is 31.2 Å². The number of rotatable bonds is 6. The van der Waals surface area contributed by atoms with E-state index in [1.54, 1.807) is 6.33 Å². The summed E-state index contributed by atoms with van der Waals surface area (Å²) in [6.07, 6.45) is 7.75. The number of piperidine rings is 1. The Morgan fingerprint density at radius 2 is 1.54 bits per heavy atom. The van der Waals surface area contributed by atoms with Crippen LogP contribution in [0.15, 0.2) is 42.7 Å². The van der Waals surface area contributed by atoms with E-state index in [1.165, 1.54) is 18.4 Å². The number of ether oxygens (including phenoxy) is 1. The van der Waals surface area contributed by atoms with Crippen molar-refractivity contribution >= 4 is 11.6 Å². The van der Waals surface area contributed by atoms with Gasteiger partial charge in [-0.3, -0.25) is 0 Å². The predicted octanol–water partition coefficient (Wildman–Crippen LogP) is 3.30. The zero-order chi connectivity index (χ0) is 17.6. The van der Waals surface area contributed by atoms with Crippen molar-refractivity contribution in [2.45, 2.75) is 38.2 Å². The lowest BCUT2D eigenvalue weighted by Crippen LogP contribution is -2.38. The van der Waals surface area contributed by atoms with Crippen molar-refractivity contribution in [2.75, 3.05) is 42.6 Å². The molecule has 138 valence electrons. The second-order valence-corrected chi connectivity index (χ2v) is 7.22. The topological polar surface area (TPSA) is 41.5 Å². The van der Waals surface area contributed by atoms with E-state index in [0.717, 1.165) is 63.7 Å². The first kappa shape index (κ1) is 17.3. The Labute approximate surface area is 156 Å². The molecular weight excluding hydrogens is 324 g/mol. The molecule has 2 aliphatic rings. The van der Waals surface area contributed by atoms with Crippen LogP contribution in [0, 0.1) is 0 Å². The Hall–Kier alpha value is -2.14. The van der Waals surface area contributed by atoms with Gasteiger partial charge in [0.2, 0.25) is 0 Å². The van der Waals surface area contributed by atoms with Gasteiger partial charge < -0.3 is 14.5 Å². The lowest BCUT2D eigenvalue weighted by atomic mass is 10.1. The van der Waals surface area contributed by atoms with Crippen LogP contribution in [0.3, 0.4) is 0 Å². The summed E-state index contributed by atoms with van der Waals surface area (Å²) >= 11 is 0. The SMILES string of the molecule is c1ccc(CCOC2CCN(c3cc(N4CCCC4)ncn3)CC2)cc1. The molecule has 1 aromatic heterocycles. The number of nitrogens with zero attached hydrogens (tertiary/aromatic N) is 4. The summed E-state index contributed by atoms with van der Waals surface area (Å²) in [6, 6.07) is 12.7. The summed E-state index contributed by atoms with van der Waals surface area (Å²) in [6.45, 7) is 5.06. The molecule has 0 radical (unpaired) electrons. The highest BCUT2D eigenvalue weighted by molar-refractivity contribution is 5.50. The highest BCUT2D eigenvalue weighted by Crippen LogP contribution is 2.24. The Kier molecular flexibility index (Phi) is 5.65. The first-order valence-electron chi connectivity index (χ1n) is 9.86. The standard InChI is InChI=1S/C21H28N4O/c1-2-6-18(7-3-1)10-15-26-19-8-13-25(14-9-19)21-16-20(22-17-23-21)24-11-4-5-12-24/h1-3,6-7,16-17,19H,4-5,8-15H2. The molecule has 4 rings (SSSR count). The Morgan fingerprint density at radius 1 is 0.885 bits per heavy atom. The number of benzene rings is 1. The second kappa shape index (κ2) is 8.49. The van der Waals surface area contributed by atoms with Crippen LogP contribution in [0.2, 0.25) is 0 Å². The van der Waals surface area contributed by atoms with E-state index in [0.29, 0.717) is 6.10 Å². The Morgan fingerprint density at radius 3 is 2.23 bits per heavy atom. The molecule has 2 aromatic rings. The molecule has 0 amide bonds. The molecule has 0 bridgehead atoms. The van der Waals surface area contributed by atoms with E-state index in [2.05, 4.69) is 56.2 Å². The van der Waals surface area contributed by atoms with Gasteiger partial charge >= 0.3 is 0 Å². The summed E-state index contributed by atoms with van der Waals surface area (Å²) in [5.74, 6) is 2.14. The molecule has 5 nitrogen and oxygen atoms in total. The molecule has 5 heteroatoms. The van der Waals surface area contributed by atoms with Crippen LogP contribution in [-0.2, 0) is 11.2 Å². The minimum Gasteiger partial charge on any atom is -0.378 e. The van der Waals surface area contributed by atoms with Gasteiger partial charge in [-0.15, -0.1) is 0 Å². The highest BCUT2D eigenvalue weighted by Gasteiger charge is 2.22. The van der Waals surface area contributed by atoms with Crippen LogP contribution in [0.4, 0.5) is 11.6 Å². The zero-order valence-corrected chi connectivity index (χ0v) is 15.4. The van der Waals surface area contributed by atoms with Crippen molar-refractivity contribution in [3.05, 3.63) is 48.3 Å². The molecule has 3 heterocycles. The summed E-state index contributed by atoms with van der Waals surface area (Å²) in [4.78, 5) is 13.7. The fourth-order valence-corrected chi connectivity index (χ4v) is 3.87. The third-order valence-corrected chi connectivity index (χ3v) is 5.42. The molecule has 0 aliphatic carbocycles. The Bertz CT molecular complexity index is 679. The van der Waals surface area contributed by atoms with Gasteiger partial charge in [-0.2, -0.15) is 0 Å². The van der Waals surface area contributed by atoms with Gasteiger partial charge in [0.25, 0.3) is 0 Å². The first-order valence-corrected chi connectivity index (χ1v) is 9.86. The number of hydrogen-bond acceptors (Lipinski definition) is 5. The molecular formula is C21H28N4O. The van der Waals surface area contributed by atoms with Gasteiger partial charge in [0.15, 0.2) is 0 Å². The van der Waals surface area contributed by atoms with E-state index in [9.17, 15) is 0 Å². The largest absolute Gasteiger partial charge is 0.378 e. The predicted molar refractivity (Wildman–Crippen MR) is 105 cm³/mol. The van der Waals surface area contributed by atoms with Crippen molar-refractivity contribution in [1.82, 2.24) is 9.97 Å². The number of anilines is 2. The molecule has 2 aliphatic heterocycles. The van der Waals surface area contributed by atoms with Gasteiger partial charge in [0.1, 0.15) is 18.0 Å². The third kappa shape index (κ3) is 4.33. The van der Waals surface area contributed by atoms with E-state index in [1.807, 2.05) is 0 Å². The smallest absolute Gasteiger partial charge is 0.134 e. The van der Waals surface area contributed by atoms with E-state index >= 15 is 0 Å². The van der Waals surface area contributed by atoms with Crippen LogP contribution in [-0.4, -0.2) is 48.9 Å². The molecule has 26 heavy (non-hydrogen) atoms. The van der Waals surface area contributed by atoms with Gasteiger partial charge in [0, 0.05) is 32.2 Å². The summed E-state index contributed by atoms with van der Waals surface area (Å²) < 4.78 is 6.11. The number of hydrogen-bond donors (Lipinski definition) is 0. The minimum absolute atomic E-state index is 0.370. The maximum atomic E-state index is 6.11. The quantitative estimate of drug-likeness (QED) is 0.798. The zero-order valence-electron chi connectivity index (χ0n) is 15.4. The first-order chi connectivity index (χ1) is 12.9. The maximum Gasteiger partial charge on any atom is 0.134 e. The van der Waals surface area contributed by atoms with Gasteiger partial charge in [-0.05, 0) is 37.7 Å². The minimum atomic E-state index is 0.370. The van der Waals surface area contributed by atoms with E-state index in [4.69, 9.17) is 4.74 Å². The average molecular weight is 352 g/mol. The van der Waals surface area contributed by atoms with Crippen molar-refractivity contribution in [3.63, 3.8) is 0 Å². The lowest BCUT2D eigenvalue weighted by Gasteiger charge is -2.33. The molecule has 0 saturated carbocycles. The fourth-order valence-electron chi connectivity index (χ4n) is 3.87. The van der Waals surface area contributed by atoms with Crippen molar-refractivity contribution in [3.8, 4) is 0 Å². The molecule has 2 fully saturated rings. The van der Waals surface area contributed by atoms with Gasteiger partial charge in [0.05, 0.1) is 12.7 Å². The highest BCUT2D eigenvalue weighted by atomic mass is 16.5. The van der Waals surface area contributed by atoms with Crippen LogP contribution in [0.5, 0.6) is 0 Å². The van der Waals surface area contributed by atoms with Crippen LogP contribution >= 0.6 is 0 Å². The molecule has 0 N–H and O–H groups in total. The molecule has 0 spiro atoms. The molecule has 0 atom stereocenters. The Balaban J connectivity index is 1.25. The maximum absolute atomic E-state index is 6.11. The monoisotopic (exact) mass is 352 g/mol. The van der Waals surface area contributed by atoms with E-state index in [-0.39, 0.29) is 0 Å². The van der Waals surface area contributed by atoms with E-state index < -0.39 is 0 Å². The lowest BCUT2D eigenvalue weighted by molar-refractivity contribution is 0.0390. The molecule has 2 saturated heterocycles. The second-order valence-electron chi connectivity index (χ2n) is 7.22. The van der Waals surface area contributed by atoms with Gasteiger partial charge in [-0.25, -0.2) is 9.97 Å². The van der Waals surface area contributed by atoms with Crippen molar-refractivity contribution in [2.24, 2.45) is 0 Å². The van der Waals surface area contributed by atoms with Gasteiger partial charge in [-0.1, -0.05) is 30.3 Å². The van der Waals surface area contributed by atoms with Crippen LogP contribution in [0.25, 0.3) is 0 Å². The summed E-state index contributed by atoms with van der Waals surface area (Å²) in [7, 11) is 0. The summed E-state index contributed by atoms with van der Waals surface area (Å²) in [5.41, 5.74) is 1.35. The van der Waals surface area contributed by atoms with Crippen molar-refractivity contribution < 1.29 is 4.74 Å². The molecule has 0 unspecified atom stereocenters. The summed E-state index contributed by atoms with van der Waals surface area (Å²) in [5, 5.41) is 0. The molecule has 1 aromatic carbocycles. The van der Waals surface area contributed by atoms with Crippen molar-refractivity contribution in [1.29, 1.82) is 0 Å². The number of aromatic nitrogens is 2. The third-order valence-electron chi connectivity index (χ3n) is 5.42. The average Bonchev–Trinajstić information content (AvgIpc) is 3.24. The van der Waals surface area contributed by atoms with Crippen LogP contribution < -0.4 is 9.80 Å². The normalized spacial score (nSPS) is 18.5.